The van der Waals surface area contributed by atoms with Gasteiger partial charge in [-0.05, 0) is 66.0 Å². The predicted octanol–water partition coefficient (Wildman–Crippen LogP) is -5.31. The van der Waals surface area contributed by atoms with Gasteiger partial charge in [0.15, 0.2) is 17.2 Å². The summed E-state index contributed by atoms with van der Waals surface area (Å²) in [7, 11) is -21.0. The van der Waals surface area contributed by atoms with Crippen LogP contribution in [0.5, 0.6) is 11.5 Å². The van der Waals surface area contributed by atoms with E-state index >= 15 is 0 Å². The smallest absolute Gasteiger partial charge is 0.744 e. The van der Waals surface area contributed by atoms with Crippen LogP contribution in [0.4, 0.5) is 56.9 Å². The first-order chi connectivity index (χ1) is 30.2. The number of hydrogen-bond donors (Lipinski definition) is 3. The van der Waals surface area contributed by atoms with E-state index in [2.05, 4.69) is 36.0 Å². The number of fused-ring (bicyclic) bond motifs is 1. The number of hydrogen-bond acceptors (Lipinski definition) is 25. The molecule has 6 aromatic carbocycles. The van der Waals surface area contributed by atoms with Crippen LogP contribution < -0.4 is 124 Å². The summed E-state index contributed by atoms with van der Waals surface area (Å²) in [6, 6.07) is 14.2. The largest absolute Gasteiger partial charge is 1.00 e. The third kappa shape index (κ3) is 15.1. The molecule has 0 fully saturated rings. The normalized spacial score (nSPS) is 11.9. The van der Waals surface area contributed by atoms with E-state index in [0.717, 1.165) is 54.6 Å². The van der Waals surface area contributed by atoms with Gasteiger partial charge in [-0.1, -0.05) is 6.07 Å². The van der Waals surface area contributed by atoms with Gasteiger partial charge in [-0.2, -0.15) is 5.11 Å². The van der Waals surface area contributed by atoms with Gasteiger partial charge in [0.1, 0.15) is 57.5 Å². The molecule has 0 aliphatic heterocycles. The Morgan fingerprint density at radius 1 is 0.464 bits per heavy atom. The van der Waals surface area contributed by atoms with Crippen molar-refractivity contribution >= 4 is 108 Å². The van der Waals surface area contributed by atoms with Crippen molar-refractivity contribution < 1.29 is 190 Å². The zero-order valence-electron chi connectivity index (χ0n) is 35.4. The fraction of sp³-hybridized carbons (Fsp3) is 0. The van der Waals surface area contributed by atoms with Crippen molar-refractivity contribution in [2.24, 2.45) is 30.7 Å². The van der Waals surface area contributed by atoms with Crippen LogP contribution in [-0.4, -0.2) is 71.9 Å². The number of nitro benzene ring substituents is 2. The summed E-state index contributed by atoms with van der Waals surface area (Å²) in [6.07, 6.45) is 0. The van der Waals surface area contributed by atoms with Crippen molar-refractivity contribution in [2.45, 2.75) is 19.6 Å². The summed E-state index contributed by atoms with van der Waals surface area (Å²) < 4.78 is 142. The van der Waals surface area contributed by atoms with Crippen LogP contribution in [0, 0.1) is 20.2 Å². The van der Waals surface area contributed by atoms with E-state index in [1.165, 1.54) is 24.3 Å². The van der Waals surface area contributed by atoms with E-state index in [9.17, 15) is 82.3 Å². The zero-order chi connectivity index (χ0) is 47.8. The molecule has 0 amide bonds. The topological polar surface area (TPSA) is 442 Å². The van der Waals surface area contributed by atoms with E-state index in [-0.39, 0.29) is 146 Å². The second-order valence-corrected chi connectivity index (χ2v) is 18.2. The Morgan fingerprint density at radius 2 is 0.942 bits per heavy atom. The van der Waals surface area contributed by atoms with Gasteiger partial charge in [0, 0.05) is 41.4 Å². The summed E-state index contributed by atoms with van der Waals surface area (Å²) in [5.41, 5.74) is -5.35. The van der Waals surface area contributed by atoms with Crippen LogP contribution in [0.3, 0.4) is 0 Å². The average Bonchev–Trinajstić information content (AvgIpc) is 3.21. The minimum Gasteiger partial charge on any atom is -0.744 e. The second kappa shape index (κ2) is 24.1. The minimum atomic E-state index is -5.45. The molecule has 0 saturated heterocycles. The van der Waals surface area contributed by atoms with Crippen LogP contribution in [-0.2, 0) is 40.5 Å². The molecule has 6 rings (SSSR count). The molecular formula is C34H19N9Na4O18S4. The monoisotopic (exact) mass is 1060 g/mol. The molecule has 6 aromatic rings. The Labute approximate surface area is 476 Å². The molecule has 0 bridgehead atoms. The number of nitrogens with one attached hydrogen (secondary N) is 1. The number of rotatable bonds is 14. The predicted molar refractivity (Wildman–Crippen MR) is 214 cm³/mol. The van der Waals surface area contributed by atoms with Crippen molar-refractivity contribution in [1.82, 2.24) is 0 Å². The van der Waals surface area contributed by atoms with Crippen molar-refractivity contribution in [1.29, 1.82) is 0 Å². The van der Waals surface area contributed by atoms with Gasteiger partial charge in [0.2, 0.25) is 0 Å². The van der Waals surface area contributed by atoms with Gasteiger partial charge in [-0.15, -0.1) is 25.6 Å². The number of benzene rings is 6. The third-order valence-corrected chi connectivity index (χ3v) is 11.9. The molecular weight excluding hydrogens is 1040 g/mol. The Balaban J connectivity index is 0.00000408. The fourth-order valence-corrected chi connectivity index (χ4v) is 7.79. The first-order valence-electron chi connectivity index (χ1n) is 16.9. The summed E-state index contributed by atoms with van der Waals surface area (Å²) in [6.45, 7) is 0. The number of nitrogens with zero attached hydrogens (tertiary/aromatic N) is 8. The summed E-state index contributed by atoms with van der Waals surface area (Å²) in [4.78, 5) is 16.5. The molecule has 0 atom stereocenters. The molecule has 0 spiro atoms. The third-order valence-electron chi connectivity index (χ3n) is 8.47. The number of phenols is 2. The number of non-ortho nitro benzene ring substituents is 2. The van der Waals surface area contributed by atoms with Crippen molar-refractivity contribution in [3.8, 4) is 11.5 Å². The first kappa shape index (κ1) is 61.3. The van der Waals surface area contributed by atoms with E-state index in [4.69, 9.17) is 0 Å². The number of azo groups is 3. The van der Waals surface area contributed by atoms with Gasteiger partial charge in [0.05, 0.1) is 46.5 Å². The molecule has 0 heterocycles. The van der Waals surface area contributed by atoms with Gasteiger partial charge in [-0.25, -0.2) is 33.7 Å². The average molecular weight is 1060 g/mol. The van der Waals surface area contributed by atoms with Gasteiger partial charge in [0.25, 0.3) is 11.4 Å². The summed E-state index contributed by atoms with van der Waals surface area (Å²) >= 11 is 0. The Bertz CT molecular complexity index is 3570. The van der Waals surface area contributed by atoms with Crippen LogP contribution in [0.1, 0.15) is 0 Å². The molecule has 336 valence electrons. The van der Waals surface area contributed by atoms with Crippen molar-refractivity contribution in [3.63, 3.8) is 0 Å². The molecule has 0 radical (unpaired) electrons. The van der Waals surface area contributed by atoms with Gasteiger partial charge in [-0.3, -0.25) is 20.2 Å². The Morgan fingerprint density at radius 3 is 1.45 bits per heavy atom. The molecule has 3 N–H and O–H groups in total. The summed E-state index contributed by atoms with van der Waals surface area (Å²) in [5.74, 6) is -2.12. The molecule has 0 unspecified atom stereocenters. The van der Waals surface area contributed by atoms with E-state index in [1.54, 1.807) is 0 Å². The Kier molecular flexibility index (Phi) is 21.4. The number of nitro groups is 2. The molecule has 69 heavy (non-hydrogen) atoms. The second-order valence-electron chi connectivity index (χ2n) is 12.7. The van der Waals surface area contributed by atoms with E-state index in [0.29, 0.717) is 18.2 Å². The minimum absolute atomic E-state index is 0. The molecule has 0 saturated carbocycles. The van der Waals surface area contributed by atoms with Crippen LogP contribution in [0.15, 0.2) is 147 Å². The molecule has 0 aliphatic carbocycles. The molecule has 27 nitrogen and oxygen atoms in total. The van der Waals surface area contributed by atoms with Crippen molar-refractivity contribution in [3.05, 3.63) is 117 Å². The van der Waals surface area contributed by atoms with Gasteiger partial charge < -0.3 is 33.7 Å². The first-order valence-corrected chi connectivity index (χ1v) is 22.5. The van der Waals surface area contributed by atoms with E-state index < -0.39 is 121 Å². The van der Waals surface area contributed by atoms with E-state index in [1.807, 2.05) is 0 Å². The molecule has 0 aliphatic rings. The number of aromatic hydroxyl groups is 2. The maximum absolute atomic E-state index is 12.0. The van der Waals surface area contributed by atoms with Crippen LogP contribution in [0.2, 0.25) is 0 Å². The zero-order valence-corrected chi connectivity index (χ0v) is 46.6. The molecule has 35 heteroatoms. The number of phenolic OH excluding ortho intramolecular Hbond substituents is 2. The van der Waals surface area contributed by atoms with Crippen LogP contribution in [0.25, 0.3) is 10.8 Å². The maximum atomic E-state index is 12.0. The summed E-state index contributed by atoms with van der Waals surface area (Å²) in [5, 5.41) is 69.7. The maximum Gasteiger partial charge on any atom is 1.00 e. The quantitative estimate of drug-likeness (QED) is 0.0301. The fourth-order valence-electron chi connectivity index (χ4n) is 5.48. The van der Waals surface area contributed by atoms with Crippen LogP contribution >= 0.6 is 0 Å². The Hall–Kier alpha value is -3.78. The van der Waals surface area contributed by atoms with Gasteiger partial charge >= 0.3 is 118 Å². The SMILES string of the molecule is O=[N+]([O-])c1ccc(N=Nc2cc(N=Nc3cc(S(=O)(=O)[O-])cc4cc(S(=O)(=O)[O-])ccc34)c(O)c(N=Nc3ccc(Nc4ccc([N+](=O)[O-])cc4S(=O)(=O)[O-])cc3)c2O)c(S(=O)(=O)[O-])c1.[Na+].[Na+].[Na+].[Na+]. The standard InChI is InChI=1S/C34H23N9O18S4.4Na/c44-33-28(39-37-26-10-6-21(43(48)49)14-31(26)65(59,60)61)16-29(40-38-27-15-23(63(53,54)55)12-17-11-22(62(50,51)52)7-8-24(17)27)34(45)32(33)41-36-19-3-1-18(2-4-19)35-25-9-5-20(42(46)47)13-30(25)64(56,57)58;;;;/h1-16,35,44-45H,(H,50,51,52)(H,53,54,55)(H,56,57,58)(H,59,60,61);;;;/q;4*+1/p-4. The number of anilines is 2. The van der Waals surface area contributed by atoms with Crippen molar-refractivity contribution in [2.75, 3.05) is 5.32 Å². The molecule has 0 aromatic heterocycles.